The van der Waals surface area contributed by atoms with Gasteiger partial charge < -0.3 is 10.2 Å². The lowest BCUT2D eigenvalue weighted by molar-refractivity contribution is -0.0328. The number of halogens is 3. The first-order valence-corrected chi connectivity index (χ1v) is 8.18. The molecule has 116 valence electrons. The zero-order valence-corrected chi connectivity index (χ0v) is 12.5. The van der Waals surface area contributed by atoms with E-state index in [1.807, 2.05) is 0 Å². The molecule has 2 unspecified atom stereocenters. The smallest absolute Gasteiger partial charge is 0.381 e. The largest absolute Gasteiger partial charge is 0.446 e. The van der Waals surface area contributed by atoms with E-state index in [2.05, 4.69) is 10.2 Å². The van der Waals surface area contributed by atoms with E-state index in [-0.39, 0.29) is 22.7 Å². The van der Waals surface area contributed by atoms with E-state index in [4.69, 9.17) is 0 Å². The summed E-state index contributed by atoms with van der Waals surface area (Å²) in [4.78, 5) is 2.77. The number of nitrogens with zero attached hydrogens (tertiary/aromatic N) is 1. The van der Waals surface area contributed by atoms with Crippen molar-refractivity contribution in [1.82, 2.24) is 4.90 Å². The third-order valence-corrected chi connectivity index (χ3v) is 5.10. The Balaban J connectivity index is 1.67. The van der Waals surface area contributed by atoms with Crippen molar-refractivity contribution >= 4 is 17.4 Å². The van der Waals surface area contributed by atoms with Crippen LogP contribution in [0.15, 0.2) is 29.2 Å². The van der Waals surface area contributed by atoms with Crippen LogP contribution in [0.1, 0.15) is 25.7 Å². The average Bonchev–Trinajstić information content (AvgIpc) is 2.87. The van der Waals surface area contributed by atoms with Crippen LogP contribution in [0.25, 0.3) is 0 Å². The van der Waals surface area contributed by atoms with E-state index in [9.17, 15) is 13.2 Å². The molecule has 2 heterocycles. The van der Waals surface area contributed by atoms with Gasteiger partial charge >= 0.3 is 5.51 Å². The van der Waals surface area contributed by atoms with E-state index in [0.29, 0.717) is 11.7 Å². The third-order valence-electron chi connectivity index (χ3n) is 4.29. The summed E-state index contributed by atoms with van der Waals surface area (Å²) in [6, 6.07) is 7.60. The molecular formula is C15H19F3N2S. The number of fused-ring (bicyclic) bond motifs is 1. The first-order chi connectivity index (χ1) is 10.0. The second-order valence-electron chi connectivity index (χ2n) is 5.74. The van der Waals surface area contributed by atoms with Gasteiger partial charge in [-0.25, -0.2) is 0 Å². The minimum atomic E-state index is -4.24. The number of anilines is 1. The lowest BCUT2D eigenvalue weighted by Crippen LogP contribution is -2.42. The molecule has 0 radical (unpaired) electrons. The van der Waals surface area contributed by atoms with Gasteiger partial charge in [-0.15, -0.1) is 0 Å². The number of piperidine rings is 1. The van der Waals surface area contributed by atoms with Crippen LogP contribution in [0.5, 0.6) is 0 Å². The van der Waals surface area contributed by atoms with Gasteiger partial charge in [0.05, 0.1) is 0 Å². The highest BCUT2D eigenvalue weighted by atomic mass is 32.2. The van der Waals surface area contributed by atoms with Crippen LogP contribution >= 0.6 is 11.8 Å². The quantitative estimate of drug-likeness (QED) is 0.835. The highest BCUT2D eigenvalue weighted by molar-refractivity contribution is 8.00. The van der Waals surface area contributed by atoms with Crippen molar-refractivity contribution in [3.8, 4) is 0 Å². The molecule has 0 spiro atoms. The molecule has 6 heteroatoms. The van der Waals surface area contributed by atoms with Crippen molar-refractivity contribution in [3.63, 3.8) is 0 Å². The van der Waals surface area contributed by atoms with Crippen molar-refractivity contribution in [2.75, 3.05) is 18.4 Å². The molecule has 2 aliphatic rings. The van der Waals surface area contributed by atoms with Crippen LogP contribution in [0.4, 0.5) is 18.9 Å². The van der Waals surface area contributed by atoms with Gasteiger partial charge in [-0.2, -0.15) is 13.2 Å². The van der Waals surface area contributed by atoms with E-state index in [1.54, 1.807) is 18.2 Å². The van der Waals surface area contributed by atoms with Gasteiger partial charge in [-0.3, -0.25) is 0 Å². The topological polar surface area (TPSA) is 15.3 Å². The Morgan fingerprint density at radius 1 is 1.14 bits per heavy atom. The van der Waals surface area contributed by atoms with Gasteiger partial charge in [0.2, 0.25) is 0 Å². The fourth-order valence-corrected chi connectivity index (χ4v) is 4.01. The highest BCUT2D eigenvalue weighted by Gasteiger charge is 2.33. The summed E-state index contributed by atoms with van der Waals surface area (Å²) in [5.41, 5.74) is -3.64. The third kappa shape index (κ3) is 3.86. The average molecular weight is 316 g/mol. The van der Waals surface area contributed by atoms with E-state index < -0.39 is 5.51 Å². The van der Waals surface area contributed by atoms with Crippen LogP contribution in [0.3, 0.4) is 0 Å². The maximum atomic E-state index is 12.6. The number of para-hydroxylation sites is 1. The molecule has 0 amide bonds. The molecular weight excluding hydrogens is 297 g/mol. The molecule has 2 fully saturated rings. The van der Waals surface area contributed by atoms with E-state index in [1.165, 1.54) is 25.5 Å². The van der Waals surface area contributed by atoms with Gasteiger partial charge in [0.15, 0.2) is 0 Å². The highest BCUT2D eigenvalue weighted by Crippen LogP contribution is 2.41. The molecule has 2 aliphatic heterocycles. The Morgan fingerprint density at radius 2 is 1.95 bits per heavy atom. The van der Waals surface area contributed by atoms with E-state index >= 15 is 0 Å². The molecule has 0 bridgehead atoms. The van der Waals surface area contributed by atoms with Crippen molar-refractivity contribution in [3.05, 3.63) is 24.3 Å². The van der Waals surface area contributed by atoms with Crippen LogP contribution in [0.2, 0.25) is 0 Å². The Bertz CT molecular complexity index is 492. The molecule has 0 aromatic heterocycles. The fourth-order valence-electron chi connectivity index (χ4n) is 3.37. The summed E-state index contributed by atoms with van der Waals surface area (Å²) in [6.07, 6.45) is 4.50. The zero-order valence-electron chi connectivity index (χ0n) is 11.7. The standard InChI is InChI=1S/C15H19F3N2S/c16-15(17,18)21-14-6-2-1-5-13(14)19-11-7-9-20-8-3-4-12(20)10-11/h1-2,5-6,11-12,19H,3-4,7-10H2. The predicted molar refractivity (Wildman–Crippen MR) is 79.6 cm³/mol. The van der Waals surface area contributed by atoms with Crippen molar-refractivity contribution < 1.29 is 13.2 Å². The minimum absolute atomic E-state index is 0.0375. The van der Waals surface area contributed by atoms with Gasteiger partial charge in [0, 0.05) is 29.2 Å². The Hall–Kier alpha value is -0.880. The summed E-state index contributed by atoms with van der Waals surface area (Å²) < 4.78 is 37.8. The SMILES string of the molecule is FC(F)(F)Sc1ccccc1NC1CCN2CCCC2C1. The molecule has 1 aromatic rings. The van der Waals surface area contributed by atoms with Gasteiger partial charge in [-0.05, 0) is 56.1 Å². The Labute approximate surface area is 127 Å². The fraction of sp³-hybridized carbons (Fsp3) is 0.600. The molecule has 3 rings (SSSR count). The van der Waals surface area contributed by atoms with Gasteiger partial charge in [0.1, 0.15) is 0 Å². The zero-order chi connectivity index (χ0) is 14.9. The second kappa shape index (κ2) is 6.08. The number of nitrogens with one attached hydrogen (secondary N) is 1. The molecule has 0 saturated carbocycles. The van der Waals surface area contributed by atoms with E-state index in [0.717, 1.165) is 19.4 Å². The Morgan fingerprint density at radius 3 is 2.76 bits per heavy atom. The number of hydrogen-bond donors (Lipinski definition) is 1. The van der Waals surface area contributed by atoms with Crippen LogP contribution in [-0.2, 0) is 0 Å². The summed E-state index contributed by atoms with van der Waals surface area (Å²) in [5, 5.41) is 3.34. The normalized spacial score (nSPS) is 26.6. The lowest BCUT2D eigenvalue weighted by Gasteiger charge is -2.35. The van der Waals surface area contributed by atoms with Crippen LogP contribution in [0, 0.1) is 0 Å². The second-order valence-corrected chi connectivity index (χ2v) is 6.85. The van der Waals surface area contributed by atoms with Crippen LogP contribution < -0.4 is 5.32 Å². The number of benzene rings is 1. The monoisotopic (exact) mass is 316 g/mol. The molecule has 2 nitrogen and oxygen atoms in total. The minimum Gasteiger partial charge on any atom is -0.381 e. The maximum absolute atomic E-state index is 12.6. The van der Waals surface area contributed by atoms with Crippen LogP contribution in [-0.4, -0.2) is 35.6 Å². The van der Waals surface area contributed by atoms with Gasteiger partial charge in [0.25, 0.3) is 0 Å². The molecule has 1 aromatic carbocycles. The lowest BCUT2D eigenvalue weighted by atomic mass is 9.97. The number of rotatable bonds is 3. The van der Waals surface area contributed by atoms with Crippen molar-refractivity contribution in [2.24, 2.45) is 0 Å². The summed E-state index contributed by atoms with van der Waals surface area (Å²) in [6.45, 7) is 2.23. The molecule has 1 N–H and O–H groups in total. The molecule has 0 aliphatic carbocycles. The molecule has 2 saturated heterocycles. The number of thioether (sulfide) groups is 1. The maximum Gasteiger partial charge on any atom is 0.446 e. The number of hydrogen-bond acceptors (Lipinski definition) is 3. The molecule has 2 atom stereocenters. The predicted octanol–water partition coefficient (Wildman–Crippen LogP) is 4.34. The van der Waals surface area contributed by atoms with Gasteiger partial charge in [-0.1, -0.05) is 12.1 Å². The Kier molecular flexibility index (Phi) is 4.36. The molecule has 21 heavy (non-hydrogen) atoms. The first kappa shape index (κ1) is 15.0. The van der Waals surface area contributed by atoms with Crippen molar-refractivity contribution in [1.29, 1.82) is 0 Å². The summed E-state index contributed by atoms with van der Waals surface area (Å²) >= 11 is -0.0375. The number of alkyl halides is 3. The summed E-state index contributed by atoms with van der Waals surface area (Å²) in [7, 11) is 0. The van der Waals surface area contributed by atoms with Crippen molar-refractivity contribution in [2.45, 2.75) is 48.2 Å². The summed E-state index contributed by atoms with van der Waals surface area (Å²) in [5.74, 6) is 0. The first-order valence-electron chi connectivity index (χ1n) is 7.36.